The quantitative estimate of drug-likeness (QED) is 0.747. The third kappa shape index (κ3) is 2.65. The summed E-state index contributed by atoms with van der Waals surface area (Å²) in [4.78, 5) is 12.1. The number of rotatable bonds is 3. The van der Waals surface area contributed by atoms with Crippen molar-refractivity contribution in [3.63, 3.8) is 0 Å². The first kappa shape index (κ1) is 12.5. The van der Waals surface area contributed by atoms with Crippen molar-refractivity contribution < 1.29 is 9.18 Å². The molecule has 2 heteroatoms. The lowest BCUT2D eigenvalue weighted by Gasteiger charge is -2.07. The largest absolute Gasteiger partial charge is 0.294 e. The predicted molar refractivity (Wildman–Crippen MR) is 70.4 cm³/mol. The molecule has 1 nitrogen and oxygen atoms in total. The summed E-state index contributed by atoms with van der Waals surface area (Å²) in [5.74, 6) is -0.577. The van der Waals surface area contributed by atoms with E-state index in [0.717, 1.165) is 11.1 Å². The van der Waals surface area contributed by atoms with E-state index in [1.54, 1.807) is 19.1 Å². The van der Waals surface area contributed by atoms with Gasteiger partial charge in [-0.2, -0.15) is 0 Å². The van der Waals surface area contributed by atoms with E-state index in [0.29, 0.717) is 5.56 Å². The van der Waals surface area contributed by atoms with Crippen LogP contribution in [0.5, 0.6) is 0 Å². The lowest BCUT2D eigenvalue weighted by Crippen LogP contribution is -2.07. The van der Waals surface area contributed by atoms with Crippen LogP contribution in [0.2, 0.25) is 0 Å². The number of halogens is 1. The molecule has 0 aromatic heterocycles. The number of Topliss-reactive ketones (excluding diaryl/α,β-unsaturated/α-hetero) is 1. The summed E-state index contributed by atoms with van der Waals surface area (Å²) in [6, 6.07) is 12.8. The molecule has 0 unspecified atom stereocenters. The fourth-order valence-corrected chi connectivity index (χ4v) is 2.03. The van der Waals surface area contributed by atoms with Crippen LogP contribution in [0.15, 0.2) is 42.5 Å². The first-order valence-electron chi connectivity index (χ1n) is 5.92. The zero-order valence-electron chi connectivity index (χ0n) is 10.5. The fraction of sp³-hybridized carbons (Fsp3) is 0.188. The summed E-state index contributed by atoms with van der Waals surface area (Å²) in [6.45, 7) is 3.55. The highest BCUT2D eigenvalue weighted by molar-refractivity contribution is 5.98. The molecule has 0 fully saturated rings. The highest BCUT2D eigenvalue weighted by Crippen LogP contribution is 2.17. The summed E-state index contributed by atoms with van der Waals surface area (Å²) in [6.07, 6.45) is 0.237. The number of carbonyl (C=O) groups excluding carboxylic acids is 1. The van der Waals surface area contributed by atoms with Crippen molar-refractivity contribution in [2.24, 2.45) is 0 Å². The van der Waals surface area contributed by atoms with Gasteiger partial charge in [0.1, 0.15) is 5.82 Å². The second-order valence-corrected chi connectivity index (χ2v) is 4.53. The van der Waals surface area contributed by atoms with Crippen LogP contribution < -0.4 is 0 Å². The molecule has 0 atom stereocenters. The maximum atomic E-state index is 13.9. The van der Waals surface area contributed by atoms with Crippen LogP contribution >= 0.6 is 0 Å². The Morgan fingerprint density at radius 1 is 1.11 bits per heavy atom. The standard InChI is InChI=1S/C16H15FO/c1-11-8-12(2)16(17)14(9-11)15(18)10-13-6-4-3-5-7-13/h3-9H,10H2,1-2H3. The fourth-order valence-electron chi connectivity index (χ4n) is 2.03. The molecule has 2 aromatic rings. The monoisotopic (exact) mass is 242 g/mol. The second kappa shape index (κ2) is 5.13. The summed E-state index contributed by atoms with van der Waals surface area (Å²) in [7, 11) is 0. The van der Waals surface area contributed by atoms with Crippen molar-refractivity contribution in [1.82, 2.24) is 0 Å². The summed E-state index contributed by atoms with van der Waals surface area (Å²) < 4.78 is 13.9. The third-order valence-corrected chi connectivity index (χ3v) is 2.91. The SMILES string of the molecule is Cc1cc(C)c(F)c(C(=O)Cc2ccccc2)c1. The molecule has 0 bridgehead atoms. The molecule has 0 aliphatic carbocycles. The number of carbonyl (C=O) groups is 1. The molecular formula is C16H15FO. The van der Waals surface area contributed by atoms with Gasteiger partial charge in [-0.05, 0) is 36.6 Å². The average Bonchev–Trinajstić information content (AvgIpc) is 2.35. The Morgan fingerprint density at radius 3 is 2.44 bits per heavy atom. The summed E-state index contributed by atoms with van der Waals surface area (Å²) >= 11 is 0. The molecule has 0 heterocycles. The van der Waals surface area contributed by atoms with Gasteiger partial charge in [0.15, 0.2) is 5.78 Å². The van der Waals surface area contributed by atoms with Crippen molar-refractivity contribution in [3.8, 4) is 0 Å². The number of hydrogen-bond donors (Lipinski definition) is 0. The molecule has 0 radical (unpaired) electrons. The van der Waals surface area contributed by atoms with Gasteiger partial charge in [0.05, 0.1) is 5.56 Å². The highest BCUT2D eigenvalue weighted by atomic mass is 19.1. The first-order valence-corrected chi connectivity index (χ1v) is 5.92. The van der Waals surface area contributed by atoms with Gasteiger partial charge in [-0.25, -0.2) is 4.39 Å². The van der Waals surface area contributed by atoms with Crippen molar-refractivity contribution >= 4 is 5.78 Å². The molecule has 0 aliphatic rings. The Labute approximate surface area is 106 Å². The number of aryl methyl sites for hydroxylation is 2. The normalized spacial score (nSPS) is 10.4. The number of benzene rings is 2. The van der Waals surface area contributed by atoms with Gasteiger partial charge in [0, 0.05) is 6.42 Å². The average molecular weight is 242 g/mol. The van der Waals surface area contributed by atoms with E-state index in [4.69, 9.17) is 0 Å². The summed E-state index contributed by atoms with van der Waals surface area (Å²) in [5.41, 5.74) is 2.52. The van der Waals surface area contributed by atoms with Gasteiger partial charge < -0.3 is 0 Å². The van der Waals surface area contributed by atoms with Crippen molar-refractivity contribution in [2.75, 3.05) is 0 Å². The van der Waals surface area contributed by atoms with E-state index < -0.39 is 5.82 Å². The highest BCUT2D eigenvalue weighted by Gasteiger charge is 2.14. The maximum Gasteiger partial charge on any atom is 0.170 e. The zero-order chi connectivity index (χ0) is 13.1. The van der Waals surface area contributed by atoms with Gasteiger partial charge in [-0.15, -0.1) is 0 Å². The lowest BCUT2D eigenvalue weighted by atomic mass is 9.99. The van der Waals surface area contributed by atoms with Crippen LogP contribution in [-0.4, -0.2) is 5.78 Å². The second-order valence-electron chi connectivity index (χ2n) is 4.53. The third-order valence-electron chi connectivity index (χ3n) is 2.91. The van der Waals surface area contributed by atoms with Crippen LogP contribution in [0, 0.1) is 19.7 Å². The van der Waals surface area contributed by atoms with Crippen molar-refractivity contribution in [1.29, 1.82) is 0 Å². The van der Waals surface area contributed by atoms with E-state index in [9.17, 15) is 9.18 Å². The van der Waals surface area contributed by atoms with Gasteiger partial charge in [-0.3, -0.25) is 4.79 Å². The van der Waals surface area contributed by atoms with Crippen LogP contribution in [-0.2, 0) is 6.42 Å². The molecule has 92 valence electrons. The molecule has 0 amide bonds. The molecule has 2 rings (SSSR count). The minimum Gasteiger partial charge on any atom is -0.294 e. The van der Waals surface area contributed by atoms with Gasteiger partial charge >= 0.3 is 0 Å². The molecule has 0 saturated heterocycles. The molecule has 18 heavy (non-hydrogen) atoms. The van der Waals surface area contributed by atoms with Crippen LogP contribution in [0.4, 0.5) is 4.39 Å². The van der Waals surface area contributed by atoms with Crippen molar-refractivity contribution in [2.45, 2.75) is 20.3 Å². The Balaban J connectivity index is 2.30. The Bertz CT molecular complexity index is 573. The maximum absolute atomic E-state index is 13.9. The minimum atomic E-state index is -0.401. The lowest BCUT2D eigenvalue weighted by molar-refractivity contribution is 0.0989. The van der Waals surface area contributed by atoms with E-state index >= 15 is 0 Å². The van der Waals surface area contributed by atoms with E-state index in [-0.39, 0.29) is 17.8 Å². The minimum absolute atomic E-state index is 0.175. The number of hydrogen-bond acceptors (Lipinski definition) is 1. The molecule has 0 N–H and O–H groups in total. The molecule has 0 spiro atoms. The van der Waals surface area contributed by atoms with Crippen molar-refractivity contribution in [3.05, 3.63) is 70.5 Å². The van der Waals surface area contributed by atoms with Gasteiger partial charge in [0.2, 0.25) is 0 Å². The van der Waals surface area contributed by atoms with E-state index in [1.807, 2.05) is 37.3 Å². The number of ketones is 1. The van der Waals surface area contributed by atoms with Crippen LogP contribution in [0.25, 0.3) is 0 Å². The Morgan fingerprint density at radius 2 is 1.78 bits per heavy atom. The predicted octanol–water partition coefficient (Wildman–Crippen LogP) is 3.87. The van der Waals surface area contributed by atoms with E-state index in [2.05, 4.69) is 0 Å². The topological polar surface area (TPSA) is 17.1 Å². The Kier molecular flexibility index (Phi) is 3.56. The smallest absolute Gasteiger partial charge is 0.170 e. The van der Waals surface area contributed by atoms with Gasteiger partial charge in [-0.1, -0.05) is 36.4 Å². The molecule has 0 saturated carbocycles. The van der Waals surface area contributed by atoms with Gasteiger partial charge in [0.25, 0.3) is 0 Å². The molecular weight excluding hydrogens is 227 g/mol. The zero-order valence-corrected chi connectivity index (χ0v) is 10.5. The Hall–Kier alpha value is -1.96. The molecule has 0 aliphatic heterocycles. The van der Waals surface area contributed by atoms with E-state index in [1.165, 1.54) is 0 Å². The molecule has 2 aromatic carbocycles. The van der Waals surface area contributed by atoms with Crippen LogP contribution in [0.1, 0.15) is 27.0 Å². The summed E-state index contributed by atoms with van der Waals surface area (Å²) in [5, 5.41) is 0. The first-order chi connectivity index (χ1) is 8.58. The van der Waals surface area contributed by atoms with Crippen LogP contribution in [0.3, 0.4) is 0 Å².